The molecule has 1 saturated heterocycles. The zero-order chi connectivity index (χ0) is 16.4. The predicted molar refractivity (Wildman–Crippen MR) is 89.4 cm³/mol. The van der Waals surface area contributed by atoms with Crippen LogP contribution in [0.15, 0.2) is 24.3 Å². The van der Waals surface area contributed by atoms with Gasteiger partial charge in [-0.15, -0.1) is 0 Å². The number of amides is 1. The normalized spacial score (nSPS) is 27.2. The van der Waals surface area contributed by atoms with Crippen molar-refractivity contribution in [3.05, 3.63) is 34.9 Å². The minimum absolute atomic E-state index is 0.0160. The third kappa shape index (κ3) is 3.70. The largest absolute Gasteiger partial charge is 0.389 e. The number of benzene rings is 1. The third-order valence-electron chi connectivity index (χ3n) is 5.02. The Labute approximate surface area is 142 Å². The Morgan fingerprint density at radius 3 is 2.78 bits per heavy atom. The molecule has 1 N–H and O–H groups in total. The molecule has 1 aromatic carbocycles. The van der Waals surface area contributed by atoms with Crippen LogP contribution in [0.2, 0.25) is 5.02 Å². The summed E-state index contributed by atoms with van der Waals surface area (Å²) in [5.74, 6) is 0.0160. The quantitative estimate of drug-likeness (QED) is 0.920. The maximum Gasteiger partial charge on any atom is 0.225 e. The van der Waals surface area contributed by atoms with Gasteiger partial charge in [-0.05, 0) is 25.8 Å². The van der Waals surface area contributed by atoms with Crippen molar-refractivity contribution in [1.29, 1.82) is 0 Å². The summed E-state index contributed by atoms with van der Waals surface area (Å²) in [4.78, 5) is 14.5. The number of morpholine rings is 1. The third-order valence-corrected chi connectivity index (χ3v) is 5.36. The molecule has 1 aliphatic heterocycles. The molecule has 1 heterocycles. The summed E-state index contributed by atoms with van der Waals surface area (Å²) in [6.07, 6.45) is 3.47. The molecular formula is C18H24ClNO3. The maximum absolute atomic E-state index is 12.7. The number of hydrogen-bond acceptors (Lipinski definition) is 3. The molecule has 0 bridgehead atoms. The fraction of sp³-hybridized carbons (Fsp3) is 0.611. The lowest BCUT2D eigenvalue weighted by atomic mass is 9.96. The van der Waals surface area contributed by atoms with Crippen molar-refractivity contribution < 1.29 is 14.6 Å². The summed E-state index contributed by atoms with van der Waals surface area (Å²) < 4.78 is 5.89. The van der Waals surface area contributed by atoms with Crippen LogP contribution in [0.5, 0.6) is 0 Å². The van der Waals surface area contributed by atoms with Crippen molar-refractivity contribution in [2.45, 2.75) is 56.8 Å². The standard InChI is InChI=1S/C18H24ClNO3/c1-13-12-23-16(14-6-2-3-7-15(14)19)11-20(13)17(21)10-18(22)8-4-5-9-18/h2-3,6-7,13,16,22H,4-5,8-12H2,1H3. The molecule has 1 saturated carbocycles. The molecule has 0 radical (unpaired) electrons. The van der Waals surface area contributed by atoms with E-state index in [0.29, 0.717) is 18.2 Å². The smallest absolute Gasteiger partial charge is 0.225 e. The SMILES string of the molecule is CC1COC(c2ccccc2Cl)CN1C(=O)CC1(O)CCCC1. The van der Waals surface area contributed by atoms with Gasteiger partial charge >= 0.3 is 0 Å². The highest BCUT2D eigenvalue weighted by molar-refractivity contribution is 6.31. The molecule has 4 nitrogen and oxygen atoms in total. The Morgan fingerprint density at radius 1 is 1.39 bits per heavy atom. The van der Waals surface area contributed by atoms with Gasteiger partial charge in [-0.25, -0.2) is 0 Å². The van der Waals surface area contributed by atoms with Crippen LogP contribution in [-0.4, -0.2) is 40.7 Å². The maximum atomic E-state index is 12.7. The molecule has 0 spiro atoms. The van der Waals surface area contributed by atoms with Gasteiger partial charge in [0.25, 0.3) is 0 Å². The highest BCUT2D eigenvalue weighted by Crippen LogP contribution is 2.35. The van der Waals surface area contributed by atoms with Crippen LogP contribution >= 0.6 is 11.6 Å². The fourth-order valence-corrected chi connectivity index (χ4v) is 3.88. The number of ether oxygens (including phenoxy) is 1. The highest BCUT2D eigenvalue weighted by Gasteiger charge is 2.38. The molecule has 126 valence electrons. The molecule has 5 heteroatoms. The van der Waals surface area contributed by atoms with Gasteiger partial charge in [0.05, 0.1) is 31.2 Å². The van der Waals surface area contributed by atoms with E-state index in [-0.39, 0.29) is 24.5 Å². The average Bonchev–Trinajstić information content (AvgIpc) is 2.94. The molecule has 1 aliphatic carbocycles. The lowest BCUT2D eigenvalue weighted by molar-refractivity contribution is -0.149. The van der Waals surface area contributed by atoms with Crippen LogP contribution < -0.4 is 0 Å². The molecule has 2 aliphatic rings. The van der Waals surface area contributed by atoms with E-state index in [1.54, 1.807) is 0 Å². The lowest BCUT2D eigenvalue weighted by Gasteiger charge is -2.39. The zero-order valence-corrected chi connectivity index (χ0v) is 14.3. The van der Waals surface area contributed by atoms with Crippen molar-refractivity contribution in [3.63, 3.8) is 0 Å². The Bertz CT molecular complexity index is 571. The Hall–Kier alpha value is -1.10. The fourth-order valence-electron chi connectivity index (χ4n) is 3.62. The molecule has 1 aromatic rings. The molecule has 3 rings (SSSR count). The Kier molecular flexibility index (Phi) is 4.95. The second-order valence-electron chi connectivity index (χ2n) is 6.85. The summed E-state index contributed by atoms with van der Waals surface area (Å²) in [5.41, 5.74) is 0.105. The topological polar surface area (TPSA) is 49.8 Å². The summed E-state index contributed by atoms with van der Waals surface area (Å²) in [7, 11) is 0. The number of hydrogen-bond donors (Lipinski definition) is 1. The van der Waals surface area contributed by atoms with E-state index in [2.05, 4.69) is 0 Å². The van der Waals surface area contributed by atoms with Crippen molar-refractivity contribution in [1.82, 2.24) is 4.90 Å². The predicted octanol–water partition coefficient (Wildman–Crippen LogP) is 3.32. The number of nitrogens with zero attached hydrogens (tertiary/aromatic N) is 1. The van der Waals surface area contributed by atoms with Crippen molar-refractivity contribution in [3.8, 4) is 0 Å². The summed E-state index contributed by atoms with van der Waals surface area (Å²) >= 11 is 6.26. The Balaban J connectivity index is 1.71. The minimum atomic E-state index is -0.811. The number of aliphatic hydroxyl groups is 1. The number of carbonyl (C=O) groups is 1. The second kappa shape index (κ2) is 6.80. The molecular weight excluding hydrogens is 314 g/mol. The summed E-state index contributed by atoms with van der Waals surface area (Å²) in [6, 6.07) is 7.61. The van der Waals surface area contributed by atoms with Crippen LogP contribution in [0.4, 0.5) is 0 Å². The molecule has 0 aromatic heterocycles. The molecule has 1 amide bonds. The van der Waals surface area contributed by atoms with Crippen LogP contribution in [-0.2, 0) is 9.53 Å². The van der Waals surface area contributed by atoms with Gasteiger partial charge in [-0.2, -0.15) is 0 Å². The first-order chi connectivity index (χ1) is 11.0. The number of halogens is 1. The summed E-state index contributed by atoms with van der Waals surface area (Å²) in [5, 5.41) is 11.2. The Morgan fingerprint density at radius 2 is 2.09 bits per heavy atom. The van der Waals surface area contributed by atoms with Gasteiger partial charge in [0.15, 0.2) is 0 Å². The second-order valence-corrected chi connectivity index (χ2v) is 7.25. The van der Waals surface area contributed by atoms with Crippen LogP contribution in [0.3, 0.4) is 0 Å². The van der Waals surface area contributed by atoms with E-state index in [1.807, 2.05) is 36.1 Å². The lowest BCUT2D eigenvalue weighted by Crippen LogP contribution is -2.50. The van der Waals surface area contributed by atoms with Crippen molar-refractivity contribution >= 4 is 17.5 Å². The molecule has 2 atom stereocenters. The van der Waals surface area contributed by atoms with Crippen molar-refractivity contribution in [2.75, 3.05) is 13.2 Å². The zero-order valence-electron chi connectivity index (χ0n) is 13.5. The first kappa shape index (κ1) is 16.7. The first-order valence-electron chi connectivity index (χ1n) is 8.36. The van der Waals surface area contributed by atoms with E-state index in [1.165, 1.54) is 0 Å². The van der Waals surface area contributed by atoms with Gasteiger partial charge in [-0.3, -0.25) is 4.79 Å². The summed E-state index contributed by atoms with van der Waals surface area (Å²) in [6.45, 7) is 2.96. The van der Waals surface area contributed by atoms with E-state index in [0.717, 1.165) is 31.2 Å². The molecule has 2 fully saturated rings. The monoisotopic (exact) mass is 337 g/mol. The van der Waals surface area contributed by atoms with Gasteiger partial charge in [0.2, 0.25) is 5.91 Å². The number of rotatable bonds is 3. The minimum Gasteiger partial charge on any atom is -0.389 e. The van der Waals surface area contributed by atoms with Crippen molar-refractivity contribution in [2.24, 2.45) is 0 Å². The van der Waals surface area contributed by atoms with Gasteiger partial charge in [0, 0.05) is 10.6 Å². The van der Waals surface area contributed by atoms with E-state index < -0.39 is 5.60 Å². The molecule has 23 heavy (non-hydrogen) atoms. The first-order valence-corrected chi connectivity index (χ1v) is 8.74. The van der Waals surface area contributed by atoms with Gasteiger partial charge < -0.3 is 14.7 Å². The number of carbonyl (C=O) groups excluding carboxylic acids is 1. The van der Waals surface area contributed by atoms with Crippen LogP contribution in [0.1, 0.15) is 50.7 Å². The van der Waals surface area contributed by atoms with E-state index in [4.69, 9.17) is 16.3 Å². The van der Waals surface area contributed by atoms with Gasteiger partial charge in [0.1, 0.15) is 6.10 Å². The van der Waals surface area contributed by atoms with E-state index in [9.17, 15) is 9.90 Å². The van der Waals surface area contributed by atoms with Crippen LogP contribution in [0.25, 0.3) is 0 Å². The molecule has 2 unspecified atom stereocenters. The van der Waals surface area contributed by atoms with Gasteiger partial charge in [-0.1, -0.05) is 42.6 Å². The van der Waals surface area contributed by atoms with Crippen LogP contribution in [0, 0.1) is 0 Å². The average molecular weight is 338 g/mol. The highest BCUT2D eigenvalue weighted by atomic mass is 35.5. The van der Waals surface area contributed by atoms with E-state index >= 15 is 0 Å².